The number of carbonyl (C=O) groups is 1. The summed E-state index contributed by atoms with van der Waals surface area (Å²) in [5.41, 5.74) is 1.94. The Balaban J connectivity index is 1.34. The van der Waals surface area contributed by atoms with Crippen LogP contribution >= 0.6 is 11.3 Å². The van der Waals surface area contributed by atoms with Crippen LogP contribution in [-0.2, 0) is 11.8 Å². The maximum absolute atomic E-state index is 12.4. The van der Waals surface area contributed by atoms with Gasteiger partial charge in [0.1, 0.15) is 5.75 Å². The number of benzene rings is 1. The number of amides is 1. The first kappa shape index (κ1) is 16.8. The Bertz CT molecular complexity index is 878. The third kappa shape index (κ3) is 3.24. The predicted molar refractivity (Wildman–Crippen MR) is 102 cm³/mol. The molecule has 1 aliphatic heterocycles. The molecule has 136 valence electrons. The van der Waals surface area contributed by atoms with Gasteiger partial charge < -0.3 is 14.5 Å². The van der Waals surface area contributed by atoms with Crippen LogP contribution in [0.3, 0.4) is 0 Å². The Morgan fingerprint density at radius 1 is 1.19 bits per heavy atom. The molecule has 3 heterocycles. The van der Waals surface area contributed by atoms with Crippen LogP contribution in [0.15, 0.2) is 30.3 Å². The average Bonchev–Trinajstić information content (AvgIpc) is 3.22. The SMILES string of the molecule is Cc1nn(C)c2nc(N3CCN(C(=O)COc4ccccc4)CC3)sc12. The fourth-order valence-corrected chi connectivity index (χ4v) is 4.19. The molecule has 1 fully saturated rings. The lowest BCUT2D eigenvalue weighted by atomic mass is 10.3. The zero-order valence-corrected chi connectivity index (χ0v) is 15.7. The van der Waals surface area contributed by atoms with Crippen molar-refractivity contribution in [1.82, 2.24) is 19.7 Å². The highest BCUT2D eigenvalue weighted by molar-refractivity contribution is 7.22. The van der Waals surface area contributed by atoms with Gasteiger partial charge in [-0.2, -0.15) is 5.10 Å². The van der Waals surface area contributed by atoms with E-state index < -0.39 is 0 Å². The van der Waals surface area contributed by atoms with Crippen molar-refractivity contribution in [2.75, 3.05) is 37.7 Å². The first-order chi connectivity index (χ1) is 12.6. The van der Waals surface area contributed by atoms with Crippen molar-refractivity contribution in [2.45, 2.75) is 6.92 Å². The Kier molecular flexibility index (Phi) is 4.50. The van der Waals surface area contributed by atoms with Gasteiger partial charge in [0.15, 0.2) is 17.4 Å². The summed E-state index contributed by atoms with van der Waals surface area (Å²) in [7, 11) is 1.92. The van der Waals surface area contributed by atoms with Crippen LogP contribution in [0.5, 0.6) is 5.75 Å². The fourth-order valence-electron chi connectivity index (χ4n) is 3.11. The molecule has 26 heavy (non-hydrogen) atoms. The summed E-state index contributed by atoms with van der Waals surface area (Å²) in [5.74, 6) is 0.746. The van der Waals surface area contributed by atoms with E-state index in [2.05, 4.69) is 10.00 Å². The van der Waals surface area contributed by atoms with E-state index in [1.54, 1.807) is 11.3 Å². The highest BCUT2D eigenvalue weighted by Gasteiger charge is 2.24. The largest absolute Gasteiger partial charge is 0.484 e. The van der Waals surface area contributed by atoms with Crippen molar-refractivity contribution in [1.29, 1.82) is 0 Å². The number of thiazole rings is 1. The van der Waals surface area contributed by atoms with Crippen molar-refractivity contribution >= 4 is 32.7 Å². The molecule has 1 aromatic carbocycles. The summed E-state index contributed by atoms with van der Waals surface area (Å²) in [5, 5.41) is 5.40. The molecule has 0 bridgehead atoms. The minimum atomic E-state index is 0.0258. The van der Waals surface area contributed by atoms with E-state index in [1.165, 1.54) is 0 Å². The van der Waals surface area contributed by atoms with E-state index >= 15 is 0 Å². The number of rotatable bonds is 4. The normalized spacial score (nSPS) is 14.8. The molecule has 0 atom stereocenters. The number of ether oxygens (including phenoxy) is 1. The number of nitrogens with zero attached hydrogens (tertiary/aromatic N) is 5. The molecule has 0 spiro atoms. The van der Waals surface area contributed by atoms with Crippen molar-refractivity contribution in [3.05, 3.63) is 36.0 Å². The molecule has 0 saturated carbocycles. The van der Waals surface area contributed by atoms with Crippen molar-refractivity contribution < 1.29 is 9.53 Å². The summed E-state index contributed by atoms with van der Waals surface area (Å²) in [4.78, 5) is 21.2. The van der Waals surface area contributed by atoms with Gasteiger partial charge in [0.25, 0.3) is 5.91 Å². The van der Waals surface area contributed by atoms with Crippen LogP contribution in [0.1, 0.15) is 5.69 Å². The predicted octanol–water partition coefficient (Wildman–Crippen LogP) is 2.07. The van der Waals surface area contributed by atoms with Crippen molar-refractivity contribution in [3.8, 4) is 5.75 Å². The van der Waals surface area contributed by atoms with Gasteiger partial charge in [-0.15, -0.1) is 0 Å². The van der Waals surface area contributed by atoms with Crippen LogP contribution in [0.25, 0.3) is 10.3 Å². The standard InChI is InChI=1S/C18H21N5O2S/c1-13-16-17(21(2)20-13)19-18(26-16)23-10-8-22(9-11-23)15(24)12-25-14-6-4-3-5-7-14/h3-7H,8-12H2,1-2H3. The van der Waals surface area contributed by atoms with Gasteiger partial charge in [-0.25, -0.2) is 9.67 Å². The minimum Gasteiger partial charge on any atom is -0.484 e. The molecule has 3 aromatic rings. The lowest BCUT2D eigenvalue weighted by Crippen LogP contribution is -2.50. The van der Waals surface area contributed by atoms with Gasteiger partial charge in [0, 0.05) is 33.2 Å². The van der Waals surface area contributed by atoms with E-state index in [0.717, 1.165) is 40.0 Å². The van der Waals surface area contributed by atoms with Crippen LogP contribution in [-0.4, -0.2) is 58.4 Å². The molecule has 0 N–H and O–H groups in total. The van der Waals surface area contributed by atoms with E-state index in [-0.39, 0.29) is 12.5 Å². The highest BCUT2D eigenvalue weighted by Crippen LogP contribution is 2.31. The monoisotopic (exact) mass is 371 g/mol. The number of para-hydroxylation sites is 1. The molecular formula is C18H21N5O2S. The number of fused-ring (bicyclic) bond motifs is 1. The van der Waals surface area contributed by atoms with Gasteiger partial charge in [-0.3, -0.25) is 4.79 Å². The molecule has 4 rings (SSSR count). The van der Waals surface area contributed by atoms with Gasteiger partial charge in [-0.05, 0) is 19.1 Å². The summed E-state index contributed by atoms with van der Waals surface area (Å²) < 4.78 is 8.52. The van der Waals surface area contributed by atoms with Gasteiger partial charge >= 0.3 is 0 Å². The van der Waals surface area contributed by atoms with Crippen LogP contribution in [0.2, 0.25) is 0 Å². The maximum Gasteiger partial charge on any atom is 0.260 e. The van der Waals surface area contributed by atoms with E-state index in [1.807, 2.05) is 53.9 Å². The quantitative estimate of drug-likeness (QED) is 0.703. The zero-order chi connectivity index (χ0) is 18.1. The summed E-state index contributed by atoms with van der Waals surface area (Å²) in [6, 6.07) is 9.43. The molecule has 0 radical (unpaired) electrons. The van der Waals surface area contributed by atoms with Crippen molar-refractivity contribution in [3.63, 3.8) is 0 Å². The third-order valence-corrected chi connectivity index (χ3v) is 5.76. The lowest BCUT2D eigenvalue weighted by molar-refractivity contribution is -0.133. The number of aromatic nitrogens is 3. The number of aryl methyl sites for hydroxylation is 2. The topological polar surface area (TPSA) is 63.5 Å². The first-order valence-electron chi connectivity index (χ1n) is 8.62. The molecule has 1 saturated heterocycles. The maximum atomic E-state index is 12.4. The Hall–Kier alpha value is -2.61. The second-order valence-corrected chi connectivity index (χ2v) is 7.31. The zero-order valence-electron chi connectivity index (χ0n) is 14.9. The van der Waals surface area contributed by atoms with Gasteiger partial charge in [0.05, 0.1) is 10.4 Å². The third-order valence-electron chi connectivity index (χ3n) is 4.54. The highest BCUT2D eigenvalue weighted by atomic mass is 32.1. The van der Waals surface area contributed by atoms with Crippen molar-refractivity contribution in [2.24, 2.45) is 7.05 Å². The molecular weight excluding hydrogens is 350 g/mol. The summed E-state index contributed by atoms with van der Waals surface area (Å²) in [6.07, 6.45) is 0. The van der Waals surface area contributed by atoms with Crippen LogP contribution < -0.4 is 9.64 Å². The molecule has 0 aliphatic carbocycles. The van der Waals surface area contributed by atoms with Crippen LogP contribution in [0.4, 0.5) is 5.13 Å². The Labute approximate surface area is 155 Å². The van der Waals surface area contributed by atoms with Gasteiger partial charge in [0.2, 0.25) is 0 Å². The van der Waals surface area contributed by atoms with E-state index in [0.29, 0.717) is 13.1 Å². The summed E-state index contributed by atoms with van der Waals surface area (Å²) >= 11 is 1.67. The second-order valence-electron chi connectivity index (χ2n) is 6.33. The Morgan fingerprint density at radius 3 is 2.62 bits per heavy atom. The number of piperazine rings is 1. The lowest BCUT2D eigenvalue weighted by Gasteiger charge is -2.34. The minimum absolute atomic E-state index is 0.0258. The first-order valence-corrected chi connectivity index (χ1v) is 9.44. The Morgan fingerprint density at radius 2 is 1.92 bits per heavy atom. The summed E-state index contributed by atoms with van der Waals surface area (Å²) in [6.45, 7) is 5.02. The molecule has 8 heteroatoms. The number of hydrogen-bond donors (Lipinski definition) is 0. The molecule has 1 amide bonds. The smallest absolute Gasteiger partial charge is 0.260 e. The fraction of sp³-hybridized carbons (Fsp3) is 0.389. The van der Waals surface area contributed by atoms with Gasteiger partial charge in [-0.1, -0.05) is 29.5 Å². The number of anilines is 1. The molecule has 1 aliphatic rings. The molecule has 2 aromatic heterocycles. The average molecular weight is 371 g/mol. The van der Waals surface area contributed by atoms with E-state index in [4.69, 9.17) is 9.72 Å². The van der Waals surface area contributed by atoms with Crippen LogP contribution in [0, 0.1) is 6.92 Å². The molecule has 0 unspecified atom stereocenters. The number of hydrogen-bond acceptors (Lipinski definition) is 6. The number of carbonyl (C=O) groups excluding carboxylic acids is 1. The molecule has 7 nitrogen and oxygen atoms in total. The van der Waals surface area contributed by atoms with E-state index in [9.17, 15) is 4.79 Å². The second kappa shape index (κ2) is 6.95.